The summed E-state index contributed by atoms with van der Waals surface area (Å²) in [5, 5.41) is 9.72. The van der Waals surface area contributed by atoms with Gasteiger partial charge in [0.1, 0.15) is 11.2 Å². The number of fused-ring (bicyclic) bond motifs is 7. The first-order valence-corrected chi connectivity index (χ1v) is 19.2. The molecule has 10 aromatic carbocycles. The van der Waals surface area contributed by atoms with E-state index in [-0.39, 0.29) is 0 Å². The molecule has 11 aromatic rings. The Hall–Kier alpha value is -7.42. The maximum atomic E-state index is 6.49. The number of nitrogens with zero attached hydrogens (tertiary/aromatic N) is 1. The first-order valence-electron chi connectivity index (χ1n) is 19.2. The van der Waals surface area contributed by atoms with Crippen LogP contribution >= 0.6 is 0 Å². The summed E-state index contributed by atoms with van der Waals surface area (Å²) in [5.74, 6) is 0. The molecule has 0 unspecified atom stereocenters. The third kappa shape index (κ3) is 5.42. The number of rotatable bonds is 6. The van der Waals surface area contributed by atoms with Gasteiger partial charge in [0.25, 0.3) is 0 Å². The zero-order valence-electron chi connectivity index (χ0n) is 30.6. The van der Waals surface area contributed by atoms with Gasteiger partial charge < -0.3 is 9.32 Å². The summed E-state index contributed by atoms with van der Waals surface area (Å²) >= 11 is 0. The van der Waals surface area contributed by atoms with E-state index in [1.807, 2.05) is 12.1 Å². The minimum atomic E-state index is 0.861. The van der Waals surface area contributed by atoms with E-state index in [1.54, 1.807) is 0 Å². The summed E-state index contributed by atoms with van der Waals surface area (Å²) in [7, 11) is 0. The molecule has 2 heteroatoms. The Kier molecular flexibility index (Phi) is 7.53. The second-order valence-corrected chi connectivity index (χ2v) is 14.5. The van der Waals surface area contributed by atoms with Gasteiger partial charge in [-0.2, -0.15) is 0 Å². The molecule has 56 heavy (non-hydrogen) atoms. The Bertz CT molecular complexity index is 3250. The highest BCUT2D eigenvalue weighted by Crippen LogP contribution is 2.45. The minimum Gasteiger partial charge on any atom is -0.456 e. The van der Waals surface area contributed by atoms with Crippen LogP contribution in [-0.2, 0) is 0 Å². The highest BCUT2D eigenvalue weighted by molar-refractivity contribution is 6.14. The van der Waals surface area contributed by atoms with Crippen LogP contribution in [0.25, 0.3) is 87.6 Å². The lowest BCUT2D eigenvalue weighted by molar-refractivity contribution is 0.669. The molecule has 0 atom stereocenters. The van der Waals surface area contributed by atoms with Gasteiger partial charge in [0.05, 0.1) is 5.69 Å². The molecule has 0 aliphatic carbocycles. The molecule has 0 N–H and O–H groups in total. The minimum absolute atomic E-state index is 0.861. The summed E-state index contributed by atoms with van der Waals surface area (Å²) in [6.07, 6.45) is 0. The van der Waals surface area contributed by atoms with Crippen molar-refractivity contribution < 1.29 is 4.42 Å². The van der Waals surface area contributed by atoms with E-state index in [0.717, 1.165) is 55.7 Å². The second-order valence-electron chi connectivity index (χ2n) is 14.5. The SMILES string of the molecule is c1ccc(-c2ccc(-c3ccc4ccccc4c3)cc2N(c2ccc(-c3cc4ccccc4c4ccccc34)cc2)c2ccc3c(c2)oc2ccccc23)cc1. The van der Waals surface area contributed by atoms with Gasteiger partial charge in [-0.1, -0.05) is 158 Å². The van der Waals surface area contributed by atoms with Gasteiger partial charge >= 0.3 is 0 Å². The Morgan fingerprint density at radius 1 is 0.286 bits per heavy atom. The fourth-order valence-electron chi connectivity index (χ4n) is 8.49. The summed E-state index contributed by atoms with van der Waals surface area (Å²) in [4.78, 5) is 2.39. The molecular formula is C54H35NO. The van der Waals surface area contributed by atoms with Crippen LogP contribution in [0.15, 0.2) is 217 Å². The lowest BCUT2D eigenvalue weighted by atomic mass is 9.93. The van der Waals surface area contributed by atoms with Crippen LogP contribution in [0, 0.1) is 0 Å². The number of anilines is 3. The molecule has 1 heterocycles. The maximum absolute atomic E-state index is 6.49. The molecule has 0 spiro atoms. The topological polar surface area (TPSA) is 16.4 Å². The third-order valence-electron chi connectivity index (χ3n) is 11.2. The van der Waals surface area contributed by atoms with Gasteiger partial charge in [0.15, 0.2) is 0 Å². The van der Waals surface area contributed by atoms with Crippen molar-refractivity contribution >= 4 is 71.3 Å². The molecule has 0 radical (unpaired) electrons. The lowest BCUT2D eigenvalue weighted by Gasteiger charge is -2.29. The molecule has 1 aromatic heterocycles. The molecule has 2 nitrogen and oxygen atoms in total. The van der Waals surface area contributed by atoms with Gasteiger partial charge in [-0.05, 0) is 109 Å². The third-order valence-corrected chi connectivity index (χ3v) is 11.2. The second kappa shape index (κ2) is 13.2. The van der Waals surface area contributed by atoms with Crippen LogP contribution in [0.2, 0.25) is 0 Å². The Morgan fingerprint density at radius 3 is 1.71 bits per heavy atom. The van der Waals surface area contributed by atoms with E-state index >= 15 is 0 Å². The quantitative estimate of drug-likeness (QED) is 0.160. The molecule has 0 saturated heterocycles. The van der Waals surface area contributed by atoms with Gasteiger partial charge in [0, 0.05) is 33.8 Å². The van der Waals surface area contributed by atoms with Crippen molar-refractivity contribution in [2.75, 3.05) is 4.90 Å². The van der Waals surface area contributed by atoms with E-state index in [9.17, 15) is 0 Å². The zero-order chi connectivity index (χ0) is 37.0. The first-order chi connectivity index (χ1) is 27.7. The van der Waals surface area contributed by atoms with E-state index in [4.69, 9.17) is 4.42 Å². The number of hydrogen-bond donors (Lipinski definition) is 0. The van der Waals surface area contributed by atoms with E-state index in [2.05, 4.69) is 205 Å². The normalized spacial score (nSPS) is 11.6. The van der Waals surface area contributed by atoms with Crippen LogP contribution in [0.5, 0.6) is 0 Å². The average molecular weight is 714 g/mol. The predicted molar refractivity (Wildman–Crippen MR) is 237 cm³/mol. The van der Waals surface area contributed by atoms with Crippen molar-refractivity contribution in [2.24, 2.45) is 0 Å². The van der Waals surface area contributed by atoms with E-state index < -0.39 is 0 Å². The van der Waals surface area contributed by atoms with Gasteiger partial charge in [-0.25, -0.2) is 0 Å². The van der Waals surface area contributed by atoms with Gasteiger partial charge in [-0.15, -0.1) is 0 Å². The summed E-state index contributed by atoms with van der Waals surface area (Å²) < 4.78 is 6.49. The monoisotopic (exact) mass is 713 g/mol. The number of para-hydroxylation sites is 1. The lowest BCUT2D eigenvalue weighted by Crippen LogP contribution is -2.11. The summed E-state index contributed by atoms with van der Waals surface area (Å²) in [6.45, 7) is 0. The summed E-state index contributed by atoms with van der Waals surface area (Å²) in [6, 6.07) is 76.6. The fourth-order valence-corrected chi connectivity index (χ4v) is 8.49. The van der Waals surface area contributed by atoms with Crippen LogP contribution in [0.4, 0.5) is 17.1 Å². The van der Waals surface area contributed by atoms with Crippen LogP contribution in [0.1, 0.15) is 0 Å². The molecule has 11 rings (SSSR count). The van der Waals surface area contributed by atoms with Crippen molar-refractivity contribution in [3.8, 4) is 33.4 Å². The zero-order valence-corrected chi connectivity index (χ0v) is 30.6. The van der Waals surface area contributed by atoms with Crippen molar-refractivity contribution in [3.63, 3.8) is 0 Å². The maximum Gasteiger partial charge on any atom is 0.137 e. The van der Waals surface area contributed by atoms with E-state index in [0.29, 0.717) is 0 Å². The predicted octanol–water partition coefficient (Wildman–Crippen LogP) is 15.5. The molecule has 0 fully saturated rings. The smallest absolute Gasteiger partial charge is 0.137 e. The van der Waals surface area contributed by atoms with Crippen LogP contribution in [0.3, 0.4) is 0 Å². The summed E-state index contributed by atoms with van der Waals surface area (Å²) in [5.41, 5.74) is 11.9. The Labute approximate surface area is 325 Å². The molecular weight excluding hydrogens is 679 g/mol. The Morgan fingerprint density at radius 2 is 0.875 bits per heavy atom. The van der Waals surface area contributed by atoms with Gasteiger partial charge in [0.2, 0.25) is 0 Å². The highest BCUT2D eigenvalue weighted by Gasteiger charge is 2.21. The highest BCUT2D eigenvalue weighted by atomic mass is 16.3. The Balaban J connectivity index is 1.13. The van der Waals surface area contributed by atoms with Crippen molar-refractivity contribution in [1.82, 2.24) is 0 Å². The molecule has 0 saturated carbocycles. The largest absolute Gasteiger partial charge is 0.456 e. The van der Waals surface area contributed by atoms with E-state index in [1.165, 1.54) is 49.0 Å². The number of benzene rings is 10. The fraction of sp³-hybridized carbons (Fsp3) is 0. The molecule has 0 aliphatic rings. The molecule has 262 valence electrons. The van der Waals surface area contributed by atoms with Crippen LogP contribution < -0.4 is 4.90 Å². The van der Waals surface area contributed by atoms with Gasteiger partial charge in [-0.3, -0.25) is 0 Å². The van der Waals surface area contributed by atoms with Crippen LogP contribution in [-0.4, -0.2) is 0 Å². The molecule has 0 amide bonds. The van der Waals surface area contributed by atoms with Crippen molar-refractivity contribution in [2.45, 2.75) is 0 Å². The first kappa shape index (κ1) is 32.0. The molecule has 0 bridgehead atoms. The number of hydrogen-bond acceptors (Lipinski definition) is 2. The molecule has 0 aliphatic heterocycles. The van der Waals surface area contributed by atoms with Crippen molar-refractivity contribution in [3.05, 3.63) is 212 Å². The number of furan rings is 1. The average Bonchev–Trinajstić information content (AvgIpc) is 3.65. The standard InChI is InChI=1S/C54H35NO/c1-2-13-37(14-3-1)46-30-26-41(40-23-22-36-12-4-5-15-39(36)32-40)34-52(46)55(44-29-31-50-49-20-10-11-21-53(49)56-54(50)35-44)43-27-24-38(25-28-43)51-33-42-16-6-7-17-45(42)47-18-8-9-19-48(47)51/h1-35H. The van der Waals surface area contributed by atoms with Crippen molar-refractivity contribution in [1.29, 1.82) is 0 Å².